The SMILES string of the molecule is CCCC=CC12CC(c3cccc(C(=O)Oc4cc(F)c(C#N)c(F)c4)c3)(C1)C2. The van der Waals surface area contributed by atoms with Crippen LogP contribution in [0.25, 0.3) is 0 Å². The van der Waals surface area contributed by atoms with E-state index in [2.05, 4.69) is 19.1 Å². The molecule has 3 saturated carbocycles. The van der Waals surface area contributed by atoms with E-state index in [1.165, 1.54) is 6.07 Å². The maximum atomic E-state index is 13.7. The maximum absolute atomic E-state index is 13.7. The molecule has 3 aliphatic rings. The van der Waals surface area contributed by atoms with Crippen molar-refractivity contribution in [1.82, 2.24) is 0 Å². The molecule has 2 aromatic rings. The first-order valence-corrected chi connectivity index (χ1v) is 9.80. The minimum absolute atomic E-state index is 0.125. The molecule has 0 aromatic heterocycles. The monoisotopic (exact) mass is 393 g/mol. The van der Waals surface area contributed by atoms with Crippen LogP contribution >= 0.6 is 0 Å². The normalized spacial score (nSPS) is 24.5. The topological polar surface area (TPSA) is 50.1 Å². The lowest BCUT2D eigenvalue weighted by Gasteiger charge is -2.70. The van der Waals surface area contributed by atoms with Crippen molar-refractivity contribution in [2.45, 2.75) is 44.4 Å². The van der Waals surface area contributed by atoms with E-state index >= 15 is 0 Å². The molecule has 148 valence electrons. The first kappa shape index (κ1) is 19.3. The number of carbonyl (C=O) groups excluding carboxylic acids is 1. The Morgan fingerprint density at radius 3 is 2.52 bits per heavy atom. The Kier molecular flexibility index (Phi) is 4.74. The highest BCUT2D eigenvalue weighted by atomic mass is 19.1. The molecule has 0 amide bonds. The third-order valence-electron chi connectivity index (χ3n) is 6.05. The van der Waals surface area contributed by atoms with Crippen LogP contribution in [0.5, 0.6) is 5.75 Å². The van der Waals surface area contributed by atoms with E-state index in [-0.39, 0.29) is 11.2 Å². The van der Waals surface area contributed by atoms with Crippen molar-refractivity contribution in [2.24, 2.45) is 5.41 Å². The van der Waals surface area contributed by atoms with Gasteiger partial charge >= 0.3 is 5.97 Å². The molecule has 0 spiro atoms. The molecule has 0 heterocycles. The van der Waals surface area contributed by atoms with Gasteiger partial charge < -0.3 is 4.74 Å². The number of rotatable bonds is 6. The zero-order valence-corrected chi connectivity index (χ0v) is 16.2. The van der Waals surface area contributed by atoms with Gasteiger partial charge in [0, 0.05) is 12.1 Å². The molecule has 2 aromatic carbocycles. The highest BCUT2D eigenvalue weighted by Gasteiger charge is 2.66. The number of benzene rings is 2. The highest BCUT2D eigenvalue weighted by Crippen LogP contribution is 2.74. The predicted molar refractivity (Wildman–Crippen MR) is 104 cm³/mol. The van der Waals surface area contributed by atoms with E-state index in [0.29, 0.717) is 11.0 Å². The van der Waals surface area contributed by atoms with Gasteiger partial charge in [-0.1, -0.05) is 37.6 Å². The second kappa shape index (κ2) is 7.11. The summed E-state index contributed by atoms with van der Waals surface area (Å²) in [5.41, 5.74) is 1.20. The molecule has 2 bridgehead atoms. The van der Waals surface area contributed by atoms with E-state index in [1.54, 1.807) is 6.07 Å². The summed E-state index contributed by atoms with van der Waals surface area (Å²) < 4.78 is 32.6. The number of ether oxygens (including phenoxy) is 1. The Labute approximate surface area is 168 Å². The van der Waals surface area contributed by atoms with Crippen LogP contribution in [0.2, 0.25) is 0 Å². The summed E-state index contributed by atoms with van der Waals surface area (Å²) in [7, 11) is 0. The van der Waals surface area contributed by atoms with E-state index in [1.807, 2.05) is 18.2 Å². The van der Waals surface area contributed by atoms with Gasteiger partial charge in [0.2, 0.25) is 0 Å². The van der Waals surface area contributed by atoms with Crippen LogP contribution in [0, 0.1) is 28.4 Å². The van der Waals surface area contributed by atoms with Gasteiger partial charge in [0.15, 0.2) is 0 Å². The second-order valence-electron chi connectivity index (χ2n) is 8.21. The van der Waals surface area contributed by atoms with Crippen LogP contribution in [0.1, 0.15) is 60.5 Å². The fourth-order valence-electron chi connectivity index (χ4n) is 4.71. The molecule has 3 nitrogen and oxygen atoms in total. The Hall–Kier alpha value is -3.00. The minimum Gasteiger partial charge on any atom is -0.423 e. The van der Waals surface area contributed by atoms with Gasteiger partial charge in [0.05, 0.1) is 5.56 Å². The van der Waals surface area contributed by atoms with E-state index in [0.717, 1.165) is 49.8 Å². The van der Waals surface area contributed by atoms with E-state index in [4.69, 9.17) is 10.00 Å². The van der Waals surface area contributed by atoms with Gasteiger partial charge in [-0.2, -0.15) is 5.26 Å². The third kappa shape index (κ3) is 3.33. The van der Waals surface area contributed by atoms with Crippen LogP contribution in [-0.2, 0) is 5.41 Å². The lowest BCUT2D eigenvalue weighted by atomic mass is 9.33. The molecule has 29 heavy (non-hydrogen) atoms. The third-order valence-corrected chi connectivity index (χ3v) is 6.05. The lowest BCUT2D eigenvalue weighted by molar-refractivity contribution is -0.0999. The number of carbonyl (C=O) groups is 1. The molecule has 0 atom stereocenters. The van der Waals surface area contributed by atoms with Crippen molar-refractivity contribution in [3.05, 3.63) is 76.9 Å². The van der Waals surface area contributed by atoms with Gasteiger partial charge in [-0.05, 0) is 54.2 Å². The second-order valence-corrected chi connectivity index (χ2v) is 8.21. The Balaban J connectivity index is 1.47. The number of allylic oxidation sites excluding steroid dienone is 2. The molecule has 0 radical (unpaired) electrons. The molecule has 3 aliphatic carbocycles. The summed E-state index contributed by atoms with van der Waals surface area (Å²) in [6.07, 6.45) is 10.1. The van der Waals surface area contributed by atoms with Crippen molar-refractivity contribution in [2.75, 3.05) is 0 Å². The van der Waals surface area contributed by atoms with Crippen molar-refractivity contribution >= 4 is 5.97 Å². The summed E-state index contributed by atoms with van der Waals surface area (Å²) in [6, 6.07) is 10.4. The average Bonchev–Trinajstić information content (AvgIpc) is 2.62. The van der Waals surface area contributed by atoms with Crippen LogP contribution in [-0.4, -0.2) is 5.97 Å². The van der Waals surface area contributed by atoms with Gasteiger partial charge in [-0.3, -0.25) is 0 Å². The van der Waals surface area contributed by atoms with Crippen LogP contribution in [0.3, 0.4) is 0 Å². The van der Waals surface area contributed by atoms with Gasteiger partial charge in [0.25, 0.3) is 0 Å². The van der Waals surface area contributed by atoms with Gasteiger partial charge in [-0.15, -0.1) is 0 Å². The standard InChI is InChI=1S/C24H21F2NO2/c1-2-3-4-8-23-13-24(14-23,15-23)17-7-5-6-16(9-17)22(28)29-18-10-20(25)19(12-27)21(26)11-18/h4-11H,2-3,13-15H2,1H3. The molecular formula is C24H21F2NO2. The Morgan fingerprint density at radius 1 is 1.21 bits per heavy atom. The predicted octanol–water partition coefficient (Wildman–Crippen LogP) is 5.83. The molecule has 5 heteroatoms. The van der Waals surface area contributed by atoms with Crippen LogP contribution in [0.4, 0.5) is 8.78 Å². The molecular weight excluding hydrogens is 372 g/mol. The molecule has 0 saturated heterocycles. The molecule has 0 N–H and O–H groups in total. The van der Waals surface area contributed by atoms with Crippen molar-refractivity contribution in [1.29, 1.82) is 5.26 Å². The van der Waals surface area contributed by atoms with Crippen molar-refractivity contribution in [3.63, 3.8) is 0 Å². The maximum Gasteiger partial charge on any atom is 0.343 e. The van der Waals surface area contributed by atoms with Gasteiger partial charge in [0.1, 0.15) is 29.0 Å². The Morgan fingerprint density at radius 2 is 1.90 bits per heavy atom. The molecule has 0 unspecified atom stereocenters. The van der Waals surface area contributed by atoms with Crippen molar-refractivity contribution < 1.29 is 18.3 Å². The number of hydrogen-bond donors (Lipinski definition) is 0. The molecule has 0 aliphatic heterocycles. The first-order chi connectivity index (χ1) is 13.9. The fourth-order valence-corrected chi connectivity index (χ4v) is 4.71. The quantitative estimate of drug-likeness (QED) is 0.352. The number of nitrogens with zero attached hydrogens (tertiary/aromatic N) is 1. The Bertz CT molecular complexity index is 1010. The highest BCUT2D eigenvalue weighted by molar-refractivity contribution is 5.91. The number of nitriles is 1. The number of esters is 1. The van der Waals surface area contributed by atoms with E-state index in [9.17, 15) is 13.6 Å². The summed E-state index contributed by atoms with van der Waals surface area (Å²) in [5, 5.41) is 8.73. The zero-order chi connectivity index (χ0) is 20.6. The summed E-state index contributed by atoms with van der Waals surface area (Å²) in [4.78, 5) is 12.5. The largest absolute Gasteiger partial charge is 0.423 e. The minimum atomic E-state index is -1.06. The number of halogens is 2. The lowest BCUT2D eigenvalue weighted by Crippen LogP contribution is -2.63. The summed E-state index contributed by atoms with van der Waals surface area (Å²) in [6.45, 7) is 2.17. The molecule has 5 rings (SSSR count). The van der Waals surface area contributed by atoms with Crippen LogP contribution in [0.15, 0.2) is 48.6 Å². The fraction of sp³-hybridized carbons (Fsp3) is 0.333. The average molecular weight is 393 g/mol. The summed E-state index contributed by atoms with van der Waals surface area (Å²) >= 11 is 0. The van der Waals surface area contributed by atoms with E-state index < -0.39 is 23.2 Å². The number of hydrogen-bond acceptors (Lipinski definition) is 3. The van der Waals surface area contributed by atoms with Crippen LogP contribution < -0.4 is 4.74 Å². The van der Waals surface area contributed by atoms with Crippen molar-refractivity contribution in [3.8, 4) is 11.8 Å². The molecule has 3 fully saturated rings. The smallest absolute Gasteiger partial charge is 0.343 e. The first-order valence-electron chi connectivity index (χ1n) is 9.80. The zero-order valence-electron chi connectivity index (χ0n) is 16.2. The number of unbranched alkanes of at least 4 members (excludes halogenated alkanes) is 1. The van der Waals surface area contributed by atoms with Gasteiger partial charge in [-0.25, -0.2) is 13.6 Å². The summed E-state index contributed by atoms with van der Waals surface area (Å²) in [5.74, 6) is -3.06.